The Hall–Kier alpha value is -3.03. The highest BCUT2D eigenvalue weighted by molar-refractivity contribution is 5.89. The lowest BCUT2D eigenvalue weighted by Crippen LogP contribution is -2.35. The van der Waals surface area contributed by atoms with E-state index in [1.54, 1.807) is 12.1 Å². The Morgan fingerprint density at radius 3 is 2.46 bits per heavy atom. The molecule has 0 spiro atoms. The minimum absolute atomic E-state index is 0.0208. The first-order valence-corrected chi connectivity index (χ1v) is 9.42. The van der Waals surface area contributed by atoms with Gasteiger partial charge in [0.15, 0.2) is 0 Å². The van der Waals surface area contributed by atoms with Crippen molar-refractivity contribution in [1.29, 1.82) is 0 Å². The van der Waals surface area contributed by atoms with Crippen LogP contribution in [0.5, 0.6) is 0 Å². The fraction of sp³-hybridized carbons (Fsp3) is 0.450. The molecule has 1 aromatic heterocycles. The highest BCUT2D eigenvalue weighted by atomic mass is 16.5. The van der Waals surface area contributed by atoms with Gasteiger partial charge in [0.25, 0.3) is 0 Å². The van der Waals surface area contributed by atoms with Gasteiger partial charge < -0.3 is 15.4 Å². The second-order valence-electron chi connectivity index (χ2n) is 6.96. The number of methoxy groups -OCH3 is 1. The number of aromatic nitrogens is 3. The number of rotatable bonds is 6. The van der Waals surface area contributed by atoms with Crippen molar-refractivity contribution < 1.29 is 14.3 Å². The van der Waals surface area contributed by atoms with Gasteiger partial charge in [0, 0.05) is 18.5 Å². The van der Waals surface area contributed by atoms with Crippen molar-refractivity contribution in [2.24, 2.45) is 5.92 Å². The first-order chi connectivity index (χ1) is 13.5. The van der Waals surface area contributed by atoms with E-state index in [0.717, 1.165) is 31.2 Å². The number of nitrogens with zero attached hydrogens (tertiary/aromatic N) is 3. The molecule has 0 bridgehead atoms. The monoisotopic (exact) mass is 383 g/mol. The van der Waals surface area contributed by atoms with Gasteiger partial charge in [-0.05, 0) is 50.3 Å². The Morgan fingerprint density at radius 1 is 1.11 bits per heavy atom. The van der Waals surface area contributed by atoms with E-state index in [0.29, 0.717) is 23.9 Å². The van der Waals surface area contributed by atoms with Gasteiger partial charge in [0.2, 0.25) is 11.9 Å². The third kappa shape index (κ3) is 5.25. The van der Waals surface area contributed by atoms with Crippen LogP contribution in [0.25, 0.3) is 0 Å². The number of hydrogen-bond donors (Lipinski definition) is 2. The molecule has 0 unspecified atom stereocenters. The number of hydrogen-bond acceptors (Lipinski definition) is 7. The van der Waals surface area contributed by atoms with Crippen LogP contribution in [0.3, 0.4) is 0 Å². The smallest absolute Gasteiger partial charge is 0.337 e. The average Bonchev–Trinajstić information content (AvgIpc) is 2.72. The van der Waals surface area contributed by atoms with Gasteiger partial charge in [-0.15, -0.1) is 0 Å². The molecule has 148 valence electrons. The summed E-state index contributed by atoms with van der Waals surface area (Å²) in [5, 5.41) is 6.32. The topological polar surface area (TPSA) is 106 Å². The predicted octanol–water partition coefficient (Wildman–Crippen LogP) is 2.25. The molecular formula is C20H25N5O3. The first kappa shape index (κ1) is 19.7. The Bertz CT molecular complexity index is 817. The Labute approximate surface area is 164 Å². The number of nitrogens with one attached hydrogen (secondary N) is 2. The van der Waals surface area contributed by atoms with E-state index in [1.165, 1.54) is 13.4 Å². The van der Waals surface area contributed by atoms with Crippen LogP contribution in [0.2, 0.25) is 0 Å². The molecule has 1 heterocycles. The van der Waals surface area contributed by atoms with E-state index < -0.39 is 0 Å². The van der Waals surface area contributed by atoms with E-state index in [-0.39, 0.29) is 23.8 Å². The molecule has 0 radical (unpaired) electrons. The van der Waals surface area contributed by atoms with Gasteiger partial charge in [-0.3, -0.25) is 4.79 Å². The molecule has 0 saturated heterocycles. The highest BCUT2D eigenvalue weighted by Gasteiger charge is 2.26. The van der Waals surface area contributed by atoms with Crippen LogP contribution in [-0.2, 0) is 16.1 Å². The molecule has 2 aromatic rings. The number of aryl methyl sites for hydroxylation is 1. The van der Waals surface area contributed by atoms with Crippen LogP contribution in [0.15, 0.2) is 30.6 Å². The van der Waals surface area contributed by atoms with Crippen LogP contribution in [-0.4, -0.2) is 40.0 Å². The fourth-order valence-corrected chi connectivity index (χ4v) is 3.34. The van der Waals surface area contributed by atoms with Crippen molar-refractivity contribution in [3.63, 3.8) is 0 Å². The van der Waals surface area contributed by atoms with Crippen LogP contribution in [0, 0.1) is 12.8 Å². The van der Waals surface area contributed by atoms with Crippen LogP contribution in [0.1, 0.15) is 47.4 Å². The summed E-state index contributed by atoms with van der Waals surface area (Å²) in [6.07, 6.45) is 4.96. The molecule has 28 heavy (non-hydrogen) atoms. The minimum Gasteiger partial charge on any atom is -0.465 e. The van der Waals surface area contributed by atoms with Crippen molar-refractivity contribution in [2.45, 2.75) is 45.2 Å². The summed E-state index contributed by atoms with van der Waals surface area (Å²) in [6, 6.07) is 7.32. The second-order valence-corrected chi connectivity index (χ2v) is 6.96. The van der Waals surface area contributed by atoms with Crippen LogP contribution in [0.4, 0.5) is 5.95 Å². The number of amides is 1. The van der Waals surface area contributed by atoms with Crippen molar-refractivity contribution in [1.82, 2.24) is 20.3 Å². The second kappa shape index (κ2) is 9.25. The molecule has 3 rings (SSSR count). The Morgan fingerprint density at radius 2 is 1.82 bits per heavy atom. The number of ether oxygens (including phenoxy) is 1. The normalized spacial score (nSPS) is 18.9. The average molecular weight is 383 g/mol. The van der Waals surface area contributed by atoms with Crippen molar-refractivity contribution in [3.8, 4) is 0 Å². The number of benzene rings is 1. The molecule has 1 saturated carbocycles. The molecule has 1 aliphatic rings. The number of esters is 1. The van der Waals surface area contributed by atoms with Gasteiger partial charge in [0.1, 0.15) is 12.2 Å². The molecule has 0 aliphatic heterocycles. The maximum absolute atomic E-state index is 12.5. The molecule has 8 heteroatoms. The van der Waals surface area contributed by atoms with E-state index in [4.69, 9.17) is 0 Å². The van der Waals surface area contributed by atoms with Gasteiger partial charge in [-0.1, -0.05) is 12.1 Å². The number of anilines is 1. The van der Waals surface area contributed by atoms with Gasteiger partial charge in [0.05, 0.1) is 12.7 Å². The molecule has 1 aromatic carbocycles. The summed E-state index contributed by atoms with van der Waals surface area (Å²) in [5.74, 6) is 1.01. The molecule has 0 atom stereocenters. The largest absolute Gasteiger partial charge is 0.465 e. The SMILES string of the molecule is COC(=O)c1ccc(CNC(=O)C2CCC(Nc3ncnc(C)n3)CC2)cc1. The Kier molecular flexibility index (Phi) is 6.52. The lowest BCUT2D eigenvalue weighted by Gasteiger charge is -2.28. The molecule has 1 fully saturated rings. The maximum Gasteiger partial charge on any atom is 0.337 e. The molecular weight excluding hydrogens is 358 g/mol. The molecule has 1 aliphatic carbocycles. The minimum atomic E-state index is -0.367. The van der Waals surface area contributed by atoms with E-state index in [2.05, 4.69) is 30.3 Å². The van der Waals surface area contributed by atoms with Crippen LogP contribution < -0.4 is 10.6 Å². The van der Waals surface area contributed by atoms with Crippen molar-refractivity contribution >= 4 is 17.8 Å². The van der Waals surface area contributed by atoms with Gasteiger partial charge >= 0.3 is 5.97 Å². The van der Waals surface area contributed by atoms with Gasteiger partial charge in [-0.25, -0.2) is 14.8 Å². The summed E-state index contributed by atoms with van der Waals surface area (Å²) in [4.78, 5) is 36.3. The summed E-state index contributed by atoms with van der Waals surface area (Å²) in [6.45, 7) is 2.28. The summed E-state index contributed by atoms with van der Waals surface area (Å²) < 4.78 is 4.68. The van der Waals surface area contributed by atoms with Crippen molar-refractivity contribution in [2.75, 3.05) is 12.4 Å². The van der Waals surface area contributed by atoms with Crippen LogP contribution >= 0.6 is 0 Å². The summed E-state index contributed by atoms with van der Waals surface area (Å²) >= 11 is 0. The highest BCUT2D eigenvalue weighted by Crippen LogP contribution is 2.26. The summed E-state index contributed by atoms with van der Waals surface area (Å²) in [7, 11) is 1.35. The number of carbonyl (C=O) groups excluding carboxylic acids is 2. The zero-order valence-corrected chi connectivity index (χ0v) is 16.1. The van der Waals surface area contributed by atoms with E-state index in [1.807, 2.05) is 19.1 Å². The van der Waals surface area contributed by atoms with Crippen molar-refractivity contribution in [3.05, 3.63) is 47.5 Å². The first-order valence-electron chi connectivity index (χ1n) is 9.42. The lowest BCUT2D eigenvalue weighted by atomic mass is 9.85. The Balaban J connectivity index is 1.43. The van der Waals surface area contributed by atoms with E-state index in [9.17, 15) is 9.59 Å². The maximum atomic E-state index is 12.5. The van der Waals surface area contributed by atoms with E-state index >= 15 is 0 Å². The van der Waals surface area contributed by atoms with Gasteiger partial charge in [-0.2, -0.15) is 4.98 Å². The standard InChI is InChI=1S/C20H25N5O3/c1-13-22-12-23-20(24-13)25-17-9-7-15(8-10-17)18(26)21-11-14-3-5-16(6-4-14)19(27)28-2/h3-6,12,15,17H,7-11H2,1-2H3,(H,21,26)(H,22,23,24,25). The zero-order valence-electron chi connectivity index (χ0n) is 16.1. The summed E-state index contributed by atoms with van der Waals surface area (Å²) in [5.41, 5.74) is 1.44. The predicted molar refractivity (Wildman–Crippen MR) is 104 cm³/mol. The number of carbonyl (C=O) groups is 2. The molecule has 8 nitrogen and oxygen atoms in total. The quantitative estimate of drug-likeness (QED) is 0.737. The third-order valence-corrected chi connectivity index (χ3v) is 4.97. The lowest BCUT2D eigenvalue weighted by molar-refractivity contribution is -0.126. The molecule has 1 amide bonds. The molecule has 2 N–H and O–H groups in total. The zero-order chi connectivity index (χ0) is 19.9. The fourth-order valence-electron chi connectivity index (χ4n) is 3.34. The third-order valence-electron chi connectivity index (χ3n) is 4.97.